The summed E-state index contributed by atoms with van der Waals surface area (Å²) in [6, 6.07) is 12.7. The van der Waals surface area contributed by atoms with Crippen molar-refractivity contribution in [1.29, 1.82) is 0 Å². The molecule has 0 aliphatic rings. The summed E-state index contributed by atoms with van der Waals surface area (Å²) in [5.41, 5.74) is 1.12. The van der Waals surface area contributed by atoms with Crippen molar-refractivity contribution in [2.24, 2.45) is 0 Å². The zero-order chi connectivity index (χ0) is 18.7. The fourth-order valence-electron chi connectivity index (χ4n) is 2.62. The van der Waals surface area contributed by atoms with Gasteiger partial charge in [0.05, 0.1) is 13.2 Å². The highest BCUT2D eigenvalue weighted by Crippen LogP contribution is 2.29. The molecule has 1 heterocycles. The Morgan fingerprint density at radius 3 is 2.65 bits per heavy atom. The largest absolute Gasteiger partial charge is 0.493 e. The van der Waals surface area contributed by atoms with Crippen LogP contribution in [0.1, 0.15) is 29.1 Å². The van der Waals surface area contributed by atoms with E-state index in [4.69, 9.17) is 9.15 Å². The molecule has 0 radical (unpaired) electrons. The van der Waals surface area contributed by atoms with E-state index in [9.17, 15) is 13.6 Å². The highest BCUT2D eigenvalue weighted by atomic mass is 19.3. The number of benzene rings is 2. The SMILES string of the molecule is COc1cccc2cc(C(=O)NC(C)c3cccc(OC(F)F)c3)oc12. The number of para-hydroxylation sites is 1. The Kier molecular flexibility index (Phi) is 5.06. The van der Waals surface area contributed by atoms with E-state index in [1.807, 2.05) is 6.07 Å². The lowest BCUT2D eigenvalue weighted by atomic mass is 10.1. The minimum atomic E-state index is -2.90. The van der Waals surface area contributed by atoms with Crippen molar-refractivity contribution in [3.05, 3.63) is 59.9 Å². The van der Waals surface area contributed by atoms with E-state index in [2.05, 4.69) is 10.1 Å². The van der Waals surface area contributed by atoms with Crippen LogP contribution in [0.3, 0.4) is 0 Å². The summed E-state index contributed by atoms with van der Waals surface area (Å²) in [7, 11) is 1.52. The zero-order valence-electron chi connectivity index (χ0n) is 14.2. The van der Waals surface area contributed by atoms with Crippen LogP contribution in [-0.2, 0) is 0 Å². The second kappa shape index (κ2) is 7.43. The van der Waals surface area contributed by atoms with Gasteiger partial charge in [0.2, 0.25) is 0 Å². The Morgan fingerprint density at radius 2 is 1.92 bits per heavy atom. The topological polar surface area (TPSA) is 60.7 Å². The van der Waals surface area contributed by atoms with Crippen LogP contribution in [0.5, 0.6) is 11.5 Å². The van der Waals surface area contributed by atoms with Crippen LogP contribution in [0.2, 0.25) is 0 Å². The molecule has 5 nitrogen and oxygen atoms in total. The Balaban J connectivity index is 1.77. The van der Waals surface area contributed by atoms with Crippen LogP contribution in [0, 0.1) is 0 Å². The van der Waals surface area contributed by atoms with Crippen molar-refractivity contribution in [3.63, 3.8) is 0 Å². The maximum atomic E-state index is 12.5. The molecule has 0 saturated carbocycles. The van der Waals surface area contributed by atoms with Gasteiger partial charge in [-0.05, 0) is 36.8 Å². The summed E-state index contributed by atoms with van der Waals surface area (Å²) in [6.45, 7) is -1.16. The fraction of sp³-hybridized carbons (Fsp3) is 0.211. The average molecular weight is 361 g/mol. The molecule has 3 rings (SSSR count). The molecule has 1 N–H and O–H groups in total. The van der Waals surface area contributed by atoms with Crippen LogP contribution >= 0.6 is 0 Å². The first-order valence-corrected chi connectivity index (χ1v) is 7.90. The standard InChI is InChI=1S/C19H17F2NO4/c1-11(12-5-3-7-14(9-12)25-19(20)21)22-18(23)16-10-13-6-4-8-15(24-2)17(13)26-16/h3-11,19H,1-2H3,(H,22,23). The molecule has 0 aliphatic carbocycles. The van der Waals surface area contributed by atoms with Crippen molar-refractivity contribution in [2.75, 3.05) is 7.11 Å². The van der Waals surface area contributed by atoms with Gasteiger partial charge in [0, 0.05) is 5.39 Å². The van der Waals surface area contributed by atoms with E-state index in [0.29, 0.717) is 16.9 Å². The molecular formula is C19H17F2NO4. The van der Waals surface area contributed by atoms with Gasteiger partial charge < -0.3 is 19.2 Å². The molecule has 0 fully saturated rings. The van der Waals surface area contributed by atoms with Gasteiger partial charge in [0.1, 0.15) is 5.75 Å². The molecule has 1 atom stereocenters. The average Bonchev–Trinajstić information content (AvgIpc) is 3.05. The number of methoxy groups -OCH3 is 1. The second-order valence-electron chi connectivity index (χ2n) is 5.64. The molecule has 1 aromatic heterocycles. The Bertz CT molecular complexity index is 923. The van der Waals surface area contributed by atoms with E-state index in [1.54, 1.807) is 37.3 Å². The Labute approximate surface area is 148 Å². The van der Waals surface area contributed by atoms with Crippen LogP contribution in [-0.4, -0.2) is 19.6 Å². The number of amides is 1. The number of fused-ring (bicyclic) bond motifs is 1. The number of nitrogens with one attached hydrogen (secondary N) is 1. The first kappa shape index (κ1) is 17.7. The summed E-state index contributed by atoms with van der Waals surface area (Å²) < 4.78 is 39.9. The number of rotatable bonds is 6. The minimum absolute atomic E-state index is 0.0343. The van der Waals surface area contributed by atoms with E-state index >= 15 is 0 Å². The van der Waals surface area contributed by atoms with E-state index in [1.165, 1.54) is 19.2 Å². The highest BCUT2D eigenvalue weighted by molar-refractivity contribution is 5.97. The fourth-order valence-corrected chi connectivity index (χ4v) is 2.62. The lowest BCUT2D eigenvalue weighted by Gasteiger charge is -2.14. The Hall–Kier alpha value is -3.09. The van der Waals surface area contributed by atoms with Crippen LogP contribution in [0.25, 0.3) is 11.0 Å². The summed E-state index contributed by atoms with van der Waals surface area (Å²) in [4.78, 5) is 12.5. The molecule has 0 bridgehead atoms. The van der Waals surface area contributed by atoms with Crippen LogP contribution in [0.4, 0.5) is 8.78 Å². The predicted molar refractivity (Wildman–Crippen MR) is 91.7 cm³/mol. The van der Waals surface area contributed by atoms with E-state index in [0.717, 1.165) is 5.39 Å². The second-order valence-corrected chi connectivity index (χ2v) is 5.64. The Morgan fingerprint density at radius 1 is 1.15 bits per heavy atom. The van der Waals surface area contributed by atoms with E-state index < -0.39 is 18.6 Å². The number of carbonyl (C=O) groups is 1. The lowest BCUT2D eigenvalue weighted by Crippen LogP contribution is -2.26. The number of furan rings is 1. The van der Waals surface area contributed by atoms with Crippen molar-refractivity contribution in [1.82, 2.24) is 5.32 Å². The molecule has 0 aliphatic heterocycles. The number of carbonyl (C=O) groups excluding carboxylic acids is 1. The number of ether oxygens (including phenoxy) is 2. The summed E-state index contributed by atoms with van der Waals surface area (Å²) in [5, 5.41) is 3.52. The summed E-state index contributed by atoms with van der Waals surface area (Å²) in [5.74, 6) is 0.283. The third kappa shape index (κ3) is 3.77. The monoisotopic (exact) mass is 361 g/mol. The molecule has 0 saturated heterocycles. The third-order valence-corrected chi connectivity index (χ3v) is 3.88. The highest BCUT2D eigenvalue weighted by Gasteiger charge is 2.18. The zero-order valence-corrected chi connectivity index (χ0v) is 14.2. The first-order valence-electron chi connectivity index (χ1n) is 7.90. The van der Waals surface area contributed by atoms with Gasteiger partial charge in [0.25, 0.3) is 5.91 Å². The molecular weight excluding hydrogens is 344 g/mol. The molecule has 26 heavy (non-hydrogen) atoms. The molecule has 2 aromatic carbocycles. The summed E-state index contributed by atoms with van der Waals surface area (Å²) in [6.07, 6.45) is 0. The van der Waals surface area contributed by atoms with Gasteiger partial charge in [0.15, 0.2) is 17.1 Å². The molecule has 7 heteroatoms. The molecule has 3 aromatic rings. The number of alkyl halides is 2. The van der Waals surface area contributed by atoms with Gasteiger partial charge in [-0.15, -0.1) is 0 Å². The van der Waals surface area contributed by atoms with Crippen molar-refractivity contribution < 1.29 is 27.5 Å². The first-order chi connectivity index (χ1) is 12.5. The lowest BCUT2D eigenvalue weighted by molar-refractivity contribution is -0.0499. The maximum Gasteiger partial charge on any atom is 0.387 e. The van der Waals surface area contributed by atoms with Crippen LogP contribution in [0.15, 0.2) is 52.9 Å². The number of halogens is 2. The molecule has 1 amide bonds. The number of hydrogen-bond acceptors (Lipinski definition) is 4. The maximum absolute atomic E-state index is 12.5. The van der Waals surface area contributed by atoms with Gasteiger partial charge in [-0.2, -0.15) is 8.78 Å². The van der Waals surface area contributed by atoms with Gasteiger partial charge in [-0.1, -0.05) is 24.3 Å². The van der Waals surface area contributed by atoms with Gasteiger partial charge >= 0.3 is 6.61 Å². The van der Waals surface area contributed by atoms with E-state index in [-0.39, 0.29) is 11.5 Å². The van der Waals surface area contributed by atoms with Gasteiger partial charge in [-0.3, -0.25) is 4.79 Å². The minimum Gasteiger partial charge on any atom is -0.493 e. The van der Waals surface area contributed by atoms with Crippen molar-refractivity contribution >= 4 is 16.9 Å². The smallest absolute Gasteiger partial charge is 0.387 e. The third-order valence-electron chi connectivity index (χ3n) is 3.88. The number of hydrogen-bond donors (Lipinski definition) is 1. The molecule has 0 spiro atoms. The van der Waals surface area contributed by atoms with Crippen LogP contribution < -0.4 is 14.8 Å². The normalized spacial score (nSPS) is 12.2. The molecule has 1 unspecified atom stereocenters. The molecule has 136 valence electrons. The van der Waals surface area contributed by atoms with Gasteiger partial charge in [-0.25, -0.2) is 0 Å². The quantitative estimate of drug-likeness (QED) is 0.701. The van der Waals surface area contributed by atoms with Crippen molar-refractivity contribution in [2.45, 2.75) is 19.6 Å². The summed E-state index contributed by atoms with van der Waals surface area (Å²) >= 11 is 0. The predicted octanol–water partition coefficient (Wildman–Crippen LogP) is 4.53. The van der Waals surface area contributed by atoms with Crippen molar-refractivity contribution in [3.8, 4) is 11.5 Å².